The predicted molar refractivity (Wildman–Crippen MR) is 103 cm³/mol. The zero-order valence-electron chi connectivity index (χ0n) is 14.5. The van der Waals surface area contributed by atoms with E-state index in [1.807, 2.05) is 54.5 Å². The molecule has 1 aromatic heterocycles. The quantitative estimate of drug-likeness (QED) is 0.743. The molecule has 0 saturated heterocycles. The van der Waals surface area contributed by atoms with Crippen molar-refractivity contribution in [3.63, 3.8) is 0 Å². The molecule has 0 aliphatic heterocycles. The summed E-state index contributed by atoms with van der Waals surface area (Å²) in [5.41, 5.74) is 2.76. The van der Waals surface area contributed by atoms with Gasteiger partial charge in [-0.15, -0.1) is 17.9 Å². The number of imide groups is 1. The number of aryl methyl sites for hydroxylation is 2. The minimum atomic E-state index is -0.522. The first kappa shape index (κ1) is 18.9. The Hall–Kier alpha value is -2.44. The van der Waals surface area contributed by atoms with Crippen LogP contribution in [0.3, 0.4) is 0 Å². The second-order valence-corrected chi connectivity index (χ2v) is 6.89. The average Bonchev–Trinajstić information content (AvgIpc) is 3.03. The number of hydrogen-bond acceptors (Lipinski definition) is 4. The molecule has 132 valence electrons. The zero-order chi connectivity index (χ0) is 18.2. The lowest BCUT2D eigenvalue weighted by molar-refractivity contribution is -0.121. The molecule has 6 heteroatoms. The van der Waals surface area contributed by atoms with Crippen molar-refractivity contribution in [3.05, 3.63) is 64.4 Å². The van der Waals surface area contributed by atoms with E-state index in [0.29, 0.717) is 18.8 Å². The maximum atomic E-state index is 12.2. The van der Waals surface area contributed by atoms with Crippen molar-refractivity contribution in [1.82, 2.24) is 10.2 Å². The maximum Gasteiger partial charge on any atom is 0.325 e. The molecule has 0 aliphatic carbocycles. The van der Waals surface area contributed by atoms with Gasteiger partial charge in [0.1, 0.15) is 0 Å². The van der Waals surface area contributed by atoms with Crippen molar-refractivity contribution in [2.45, 2.75) is 20.4 Å². The third kappa shape index (κ3) is 6.17. The number of hydrogen-bond donors (Lipinski definition) is 2. The number of thiophene rings is 1. The van der Waals surface area contributed by atoms with Crippen LogP contribution in [0.2, 0.25) is 0 Å². The number of nitrogens with one attached hydrogen (secondary N) is 2. The van der Waals surface area contributed by atoms with Crippen LogP contribution in [0.15, 0.2) is 48.4 Å². The van der Waals surface area contributed by atoms with E-state index >= 15 is 0 Å². The Balaban J connectivity index is 1.88. The van der Waals surface area contributed by atoms with Gasteiger partial charge in [0, 0.05) is 23.7 Å². The fourth-order valence-corrected chi connectivity index (χ4v) is 3.21. The van der Waals surface area contributed by atoms with Crippen molar-refractivity contribution in [2.24, 2.45) is 0 Å². The molecule has 5 nitrogen and oxygen atoms in total. The molecule has 0 unspecified atom stereocenters. The van der Waals surface area contributed by atoms with Gasteiger partial charge in [-0.25, -0.2) is 4.79 Å². The van der Waals surface area contributed by atoms with Gasteiger partial charge in [-0.3, -0.25) is 15.0 Å². The Morgan fingerprint density at radius 2 is 2.08 bits per heavy atom. The summed E-state index contributed by atoms with van der Waals surface area (Å²) in [7, 11) is 0. The molecule has 0 atom stereocenters. The summed E-state index contributed by atoms with van der Waals surface area (Å²) >= 11 is 1.64. The fourth-order valence-electron chi connectivity index (χ4n) is 2.47. The van der Waals surface area contributed by atoms with Crippen LogP contribution in [0.4, 0.5) is 10.5 Å². The van der Waals surface area contributed by atoms with Gasteiger partial charge in [-0.05, 0) is 36.9 Å². The van der Waals surface area contributed by atoms with Gasteiger partial charge < -0.3 is 5.32 Å². The normalized spacial score (nSPS) is 10.5. The van der Waals surface area contributed by atoms with Crippen LogP contribution in [-0.2, 0) is 11.3 Å². The highest BCUT2D eigenvalue weighted by atomic mass is 32.1. The lowest BCUT2D eigenvalue weighted by Gasteiger charge is -2.19. The zero-order valence-corrected chi connectivity index (χ0v) is 15.4. The first-order chi connectivity index (χ1) is 12.0. The Labute approximate surface area is 152 Å². The lowest BCUT2D eigenvalue weighted by Crippen LogP contribution is -2.41. The van der Waals surface area contributed by atoms with E-state index in [-0.39, 0.29) is 12.5 Å². The summed E-state index contributed by atoms with van der Waals surface area (Å²) in [6.45, 7) is 8.97. The monoisotopic (exact) mass is 357 g/mol. The van der Waals surface area contributed by atoms with Gasteiger partial charge in [0.15, 0.2) is 0 Å². The lowest BCUT2D eigenvalue weighted by atomic mass is 10.1. The number of carbonyl (C=O) groups is 2. The predicted octanol–water partition coefficient (Wildman–Crippen LogP) is 3.70. The second kappa shape index (κ2) is 9.15. The summed E-state index contributed by atoms with van der Waals surface area (Å²) in [6.07, 6.45) is 1.75. The standard InChI is InChI=1S/C19H23N3O2S/c1-4-9-22(12-16-6-5-10-25-16)13-18(23)21-19(24)20-17-8-7-14(2)11-15(17)3/h4-8,10-11H,1,9,12-13H2,2-3H3,(H2,20,21,23,24). The fraction of sp³-hybridized carbons (Fsp3) is 0.263. The number of benzene rings is 1. The van der Waals surface area contributed by atoms with Crippen LogP contribution < -0.4 is 10.6 Å². The van der Waals surface area contributed by atoms with Crippen molar-refractivity contribution < 1.29 is 9.59 Å². The largest absolute Gasteiger partial charge is 0.325 e. The number of amides is 3. The van der Waals surface area contributed by atoms with E-state index in [0.717, 1.165) is 16.0 Å². The number of nitrogens with zero attached hydrogens (tertiary/aromatic N) is 1. The molecule has 0 fully saturated rings. The molecule has 2 rings (SSSR count). The topological polar surface area (TPSA) is 61.4 Å². The summed E-state index contributed by atoms with van der Waals surface area (Å²) < 4.78 is 0. The second-order valence-electron chi connectivity index (χ2n) is 5.86. The molecule has 0 saturated carbocycles. The summed E-state index contributed by atoms with van der Waals surface area (Å²) in [6, 6.07) is 9.19. The van der Waals surface area contributed by atoms with Crippen molar-refractivity contribution >= 4 is 29.0 Å². The molecule has 1 aromatic carbocycles. The smallest absolute Gasteiger partial charge is 0.307 e. The van der Waals surface area contributed by atoms with Gasteiger partial charge in [0.25, 0.3) is 0 Å². The highest BCUT2D eigenvalue weighted by Crippen LogP contribution is 2.15. The minimum Gasteiger partial charge on any atom is -0.307 e. The molecule has 0 spiro atoms. The van der Waals surface area contributed by atoms with Gasteiger partial charge in [0.05, 0.1) is 6.54 Å². The Morgan fingerprint density at radius 1 is 1.28 bits per heavy atom. The Kier molecular flexibility index (Phi) is 6.91. The Bertz CT molecular complexity index is 741. The van der Waals surface area contributed by atoms with E-state index in [1.165, 1.54) is 0 Å². The number of urea groups is 1. The molecule has 2 aromatic rings. The van der Waals surface area contributed by atoms with Crippen LogP contribution in [0.25, 0.3) is 0 Å². The number of rotatable bonds is 7. The Morgan fingerprint density at radius 3 is 2.72 bits per heavy atom. The highest BCUT2D eigenvalue weighted by Gasteiger charge is 2.14. The van der Waals surface area contributed by atoms with E-state index in [4.69, 9.17) is 0 Å². The van der Waals surface area contributed by atoms with Gasteiger partial charge in [-0.1, -0.05) is 29.8 Å². The van der Waals surface area contributed by atoms with E-state index in [2.05, 4.69) is 17.2 Å². The van der Waals surface area contributed by atoms with E-state index in [9.17, 15) is 9.59 Å². The molecular formula is C19H23N3O2S. The third-order valence-electron chi connectivity index (χ3n) is 3.60. The van der Waals surface area contributed by atoms with Crippen LogP contribution in [-0.4, -0.2) is 29.9 Å². The first-order valence-electron chi connectivity index (χ1n) is 8.01. The van der Waals surface area contributed by atoms with Gasteiger partial charge in [-0.2, -0.15) is 0 Å². The van der Waals surface area contributed by atoms with Crippen LogP contribution in [0.5, 0.6) is 0 Å². The summed E-state index contributed by atoms with van der Waals surface area (Å²) in [5, 5.41) is 7.09. The maximum absolute atomic E-state index is 12.2. The number of anilines is 1. The minimum absolute atomic E-state index is 0.129. The van der Waals surface area contributed by atoms with Gasteiger partial charge >= 0.3 is 6.03 Å². The molecular weight excluding hydrogens is 334 g/mol. The van der Waals surface area contributed by atoms with Crippen molar-refractivity contribution in [1.29, 1.82) is 0 Å². The first-order valence-corrected chi connectivity index (χ1v) is 8.89. The van der Waals surface area contributed by atoms with Gasteiger partial charge in [0.2, 0.25) is 5.91 Å². The van der Waals surface area contributed by atoms with Crippen LogP contribution in [0.1, 0.15) is 16.0 Å². The number of carbonyl (C=O) groups excluding carboxylic acids is 2. The van der Waals surface area contributed by atoms with E-state index in [1.54, 1.807) is 17.4 Å². The molecule has 2 N–H and O–H groups in total. The molecule has 25 heavy (non-hydrogen) atoms. The van der Waals surface area contributed by atoms with Crippen LogP contribution >= 0.6 is 11.3 Å². The molecule has 3 amide bonds. The molecule has 1 heterocycles. The summed E-state index contributed by atoms with van der Waals surface area (Å²) in [4.78, 5) is 27.3. The molecule has 0 aliphatic rings. The highest BCUT2D eigenvalue weighted by molar-refractivity contribution is 7.09. The molecule has 0 radical (unpaired) electrons. The van der Waals surface area contributed by atoms with Crippen LogP contribution in [0, 0.1) is 13.8 Å². The summed E-state index contributed by atoms with van der Waals surface area (Å²) in [5.74, 6) is -0.347. The third-order valence-corrected chi connectivity index (χ3v) is 4.46. The average molecular weight is 357 g/mol. The van der Waals surface area contributed by atoms with Crippen molar-refractivity contribution in [3.8, 4) is 0 Å². The molecule has 0 bridgehead atoms. The SMILES string of the molecule is C=CCN(CC(=O)NC(=O)Nc1ccc(C)cc1C)Cc1cccs1. The van der Waals surface area contributed by atoms with Crippen molar-refractivity contribution in [2.75, 3.05) is 18.4 Å². The van der Waals surface area contributed by atoms with E-state index < -0.39 is 6.03 Å².